The molecule has 0 bridgehead atoms. The topological polar surface area (TPSA) is 73.9 Å². The molecule has 78 valence electrons. The fraction of sp³-hybridized carbons (Fsp3) is 0.700. The van der Waals surface area contributed by atoms with Crippen molar-refractivity contribution < 1.29 is 9.53 Å². The second-order valence-electron chi connectivity index (χ2n) is 3.46. The van der Waals surface area contributed by atoms with E-state index in [0.717, 1.165) is 0 Å². The van der Waals surface area contributed by atoms with Crippen molar-refractivity contribution >= 4 is 11.7 Å². The van der Waals surface area contributed by atoms with Gasteiger partial charge in [-0.15, -0.1) is 0 Å². The molecule has 0 aliphatic heterocycles. The number of nitrogens with one attached hydrogen (secondary N) is 1. The summed E-state index contributed by atoms with van der Waals surface area (Å²) in [5, 5.41) is 16.7. The fourth-order valence-electron chi connectivity index (χ4n) is 1.42. The molecule has 0 fully saturated rings. The van der Waals surface area contributed by atoms with Crippen molar-refractivity contribution in [2.24, 2.45) is 11.3 Å². The Hall–Kier alpha value is -1.37. The van der Waals surface area contributed by atoms with Crippen LogP contribution in [0.3, 0.4) is 0 Å². The third kappa shape index (κ3) is 1.92. The van der Waals surface area contributed by atoms with Gasteiger partial charge in [-0.2, -0.15) is 5.26 Å². The van der Waals surface area contributed by atoms with Crippen LogP contribution in [0.5, 0.6) is 0 Å². The Morgan fingerprint density at radius 2 is 2.14 bits per heavy atom. The highest BCUT2D eigenvalue weighted by Gasteiger charge is 2.41. The van der Waals surface area contributed by atoms with Gasteiger partial charge in [0.2, 0.25) is 0 Å². The van der Waals surface area contributed by atoms with E-state index in [0.29, 0.717) is 6.42 Å². The molecule has 1 atom stereocenters. The number of esters is 1. The van der Waals surface area contributed by atoms with Crippen molar-refractivity contribution in [1.82, 2.24) is 0 Å². The Kier molecular flexibility index (Phi) is 4.29. The number of carbonyl (C=O) groups is 1. The Bertz CT molecular complexity index is 278. The molecule has 0 heterocycles. The molecule has 0 aromatic carbocycles. The quantitative estimate of drug-likeness (QED) is 0.550. The van der Waals surface area contributed by atoms with E-state index in [2.05, 4.69) is 10.8 Å². The van der Waals surface area contributed by atoms with Crippen LogP contribution in [0, 0.1) is 28.1 Å². The summed E-state index contributed by atoms with van der Waals surface area (Å²) in [5.41, 5.74) is -1.27. The summed E-state index contributed by atoms with van der Waals surface area (Å²) in [6.07, 6.45) is 0.440. The summed E-state index contributed by atoms with van der Waals surface area (Å²) in [7, 11) is 1.22. The minimum absolute atomic E-state index is 0.0795. The van der Waals surface area contributed by atoms with Crippen molar-refractivity contribution in [2.75, 3.05) is 7.11 Å². The zero-order valence-electron chi connectivity index (χ0n) is 9.05. The summed E-state index contributed by atoms with van der Waals surface area (Å²) in [4.78, 5) is 11.2. The highest BCUT2D eigenvalue weighted by Crippen LogP contribution is 2.32. The largest absolute Gasteiger partial charge is 0.465 e. The summed E-state index contributed by atoms with van der Waals surface area (Å²) in [6.45, 7) is 5.44. The maximum Gasteiger partial charge on any atom is 0.353 e. The Morgan fingerprint density at radius 3 is 2.36 bits per heavy atom. The molecule has 0 spiro atoms. The van der Waals surface area contributed by atoms with E-state index < -0.39 is 11.4 Å². The first-order valence-corrected chi connectivity index (χ1v) is 4.54. The van der Waals surface area contributed by atoms with E-state index in [9.17, 15) is 4.79 Å². The van der Waals surface area contributed by atoms with Crippen molar-refractivity contribution in [3.63, 3.8) is 0 Å². The molecule has 0 rings (SSSR count). The van der Waals surface area contributed by atoms with Crippen LogP contribution < -0.4 is 0 Å². The van der Waals surface area contributed by atoms with Crippen molar-refractivity contribution in [3.05, 3.63) is 0 Å². The van der Waals surface area contributed by atoms with Crippen molar-refractivity contribution in [3.8, 4) is 6.07 Å². The number of methoxy groups -OCH3 is 1. The molecule has 0 aliphatic carbocycles. The standard InChI is InChI=1S/C10H16N2O2/c1-5-10(6-11,7(2)3)8(12)9(13)14-4/h7,12H,5H2,1-4H3. The minimum atomic E-state index is -1.02. The first-order valence-electron chi connectivity index (χ1n) is 4.54. The normalized spacial score (nSPS) is 14.3. The van der Waals surface area contributed by atoms with Gasteiger partial charge < -0.3 is 4.74 Å². The monoisotopic (exact) mass is 196 g/mol. The number of rotatable bonds is 4. The predicted octanol–water partition coefficient (Wildman–Crippen LogP) is 1.76. The van der Waals surface area contributed by atoms with Gasteiger partial charge in [-0.1, -0.05) is 20.8 Å². The van der Waals surface area contributed by atoms with Gasteiger partial charge in [-0.05, 0) is 12.3 Å². The second-order valence-corrected chi connectivity index (χ2v) is 3.46. The lowest BCUT2D eigenvalue weighted by Gasteiger charge is -2.28. The molecule has 0 saturated carbocycles. The van der Waals surface area contributed by atoms with Crippen LogP contribution >= 0.6 is 0 Å². The van der Waals surface area contributed by atoms with E-state index >= 15 is 0 Å². The molecule has 0 saturated heterocycles. The molecule has 0 aliphatic rings. The predicted molar refractivity (Wildman–Crippen MR) is 52.9 cm³/mol. The lowest BCUT2D eigenvalue weighted by molar-refractivity contribution is -0.133. The lowest BCUT2D eigenvalue weighted by atomic mass is 9.72. The molecular weight excluding hydrogens is 180 g/mol. The van der Waals surface area contributed by atoms with E-state index in [1.807, 2.05) is 13.8 Å². The Labute approximate surface area is 84.4 Å². The number of nitrogens with zero attached hydrogens (tertiary/aromatic N) is 1. The van der Waals surface area contributed by atoms with E-state index in [-0.39, 0.29) is 11.6 Å². The average molecular weight is 196 g/mol. The fourth-order valence-corrected chi connectivity index (χ4v) is 1.42. The highest BCUT2D eigenvalue weighted by atomic mass is 16.5. The zero-order valence-corrected chi connectivity index (χ0v) is 9.05. The summed E-state index contributed by atoms with van der Waals surface area (Å²) >= 11 is 0. The summed E-state index contributed by atoms with van der Waals surface area (Å²) in [5.74, 6) is -0.800. The van der Waals surface area contributed by atoms with Crippen LogP contribution in [0.2, 0.25) is 0 Å². The first-order chi connectivity index (χ1) is 6.46. The molecule has 4 heteroatoms. The number of carbonyl (C=O) groups excluding carboxylic acids is 1. The number of hydrogen-bond acceptors (Lipinski definition) is 4. The molecule has 0 amide bonds. The van der Waals surface area contributed by atoms with Gasteiger partial charge in [-0.3, -0.25) is 5.41 Å². The van der Waals surface area contributed by atoms with E-state index in [1.54, 1.807) is 6.92 Å². The van der Waals surface area contributed by atoms with E-state index in [4.69, 9.17) is 10.7 Å². The minimum Gasteiger partial charge on any atom is -0.465 e. The van der Waals surface area contributed by atoms with Gasteiger partial charge in [0.25, 0.3) is 0 Å². The molecule has 1 N–H and O–H groups in total. The van der Waals surface area contributed by atoms with Gasteiger partial charge in [0.1, 0.15) is 11.1 Å². The van der Waals surface area contributed by atoms with Crippen LogP contribution in [0.1, 0.15) is 27.2 Å². The van der Waals surface area contributed by atoms with Crippen molar-refractivity contribution in [2.45, 2.75) is 27.2 Å². The lowest BCUT2D eigenvalue weighted by Crippen LogP contribution is -2.39. The van der Waals surface area contributed by atoms with Gasteiger partial charge in [-0.25, -0.2) is 4.79 Å². The van der Waals surface area contributed by atoms with Gasteiger partial charge in [0, 0.05) is 0 Å². The second kappa shape index (κ2) is 4.75. The molecule has 0 aromatic heterocycles. The van der Waals surface area contributed by atoms with Crippen LogP contribution in [-0.4, -0.2) is 18.8 Å². The zero-order chi connectivity index (χ0) is 11.4. The maximum atomic E-state index is 11.2. The van der Waals surface area contributed by atoms with Crippen molar-refractivity contribution in [1.29, 1.82) is 10.7 Å². The van der Waals surface area contributed by atoms with E-state index in [1.165, 1.54) is 7.11 Å². The molecule has 4 nitrogen and oxygen atoms in total. The van der Waals surface area contributed by atoms with Gasteiger partial charge in [0.05, 0.1) is 13.2 Å². The van der Waals surface area contributed by atoms with Crippen LogP contribution in [-0.2, 0) is 9.53 Å². The van der Waals surface area contributed by atoms with Gasteiger partial charge in [0.15, 0.2) is 0 Å². The number of ether oxygens (including phenoxy) is 1. The van der Waals surface area contributed by atoms with Crippen LogP contribution in [0.15, 0.2) is 0 Å². The number of nitriles is 1. The molecule has 0 aromatic rings. The average Bonchev–Trinajstić information content (AvgIpc) is 2.18. The maximum absolute atomic E-state index is 11.2. The van der Waals surface area contributed by atoms with Crippen LogP contribution in [0.4, 0.5) is 0 Å². The summed E-state index contributed by atoms with van der Waals surface area (Å²) < 4.78 is 4.46. The first kappa shape index (κ1) is 12.6. The molecule has 0 radical (unpaired) electrons. The third-order valence-electron chi connectivity index (χ3n) is 2.58. The summed E-state index contributed by atoms with van der Waals surface area (Å²) in [6, 6.07) is 2.05. The molecular formula is C10H16N2O2. The molecule has 14 heavy (non-hydrogen) atoms. The highest BCUT2D eigenvalue weighted by molar-refractivity contribution is 6.37. The van der Waals surface area contributed by atoms with Crippen LogP contribution in [0.25, 0.3) is 0 Å². The third-order valence-corrected chi connectivity index (χ3v) is 2.58. The van der Waals surface area contributed by atoms with Gasteiger partial charge >= 0.3 is 5.97 Å². The Balaban J connectivity index is 5.13. The SMILES string of the molecule is CCC(C#N)(C(=N)C(=O)OC)C(C)C. The Morgan fingerprint density at radius 1 is 1.64 bits per heavy atom. The number of hydrogen-bond donors (Lipinski definition) is 1. The smallest absolute Gasteiger partial charge is 0.353 e. The molecule has 1 unspecified atom stereocenters.